The Bertz CT molecular complexity index is 249. The van der Waals surface area contributed by atoms with E-state index in [1.165, 1.54) is 6.42 Å². The molecule has 1 saturated carbocycles. The minimum absolute atomic E-state index is 0.106. The lowest BCUT2D eigenvalue weighted by Crippen LogP contribution is -2.59. The maximum absolute atomic E-state index is 11.1. The second kappa shape index (κ2) is 3.35. The summed E-state index contributed by atoms with van der Waals surface area (Å²) >= 11 is 0. The van der Waals surface area contributed by atoms with E-state index >= 15 is 0 Å². The van der Waals surface area contributed by atoms with Crippen molar-refractivity contribution in [1.82, 2.24) is 4.90 Å². The van der Waals surface area contributed by atoms with Gasteiger partial charge < -0.3 is 4.74 Å². The molecule has 0 aromatic carbocycles. The Kier molecular flexibility index (Phi) is 2.31. The van der Waals surface area contributed by atoms with E-state index in [2.05, 4.69) is 11.7 Å². The molecule has 4 heteroatoms. The van der Waals surface area contributed by atoms with Gasteiger partial charge in [-0.1, -0.05) is 6.92 Å². The molecule has 2 rings (SSSR count). The Balaban J connectivity index is 2.09. The molecule has 0 unspecified atom stereocenters. The molecule has 4 nitrogen and oxygen atoms in total. The number of nitrogens with zero attached hydrogens (tertiary/aromatic N) is 1. The highest BCUT2D eigenvalue weighted by Gasteiger charge is 2.44. The van der Waals surface area contributed by atoms with Gasteiger partial charge >= 0.3 is 11.9 Å². The molecule has 1 heterocycles. The van der Waals surface area contributed by atoms with Crippen molar-refractivity contribution >= 4 is 11.9 Å². The number of hydrogen-bond donors (Lipinski definition) is 0. The molecule has 0 atom stereocenters. The second-order valence-electron chi connectivity index (χ2n) is 4.13. The number of rotatable bonds is 2. The van der Waals surface area contributed by atoms with Gasteiger partial charge in [0.05, 0.1) is 13.1 Å². The van der Waals surface area contributed by atoms with E-state index in [4.69, 9.17) is 0 Å². The number of cyclic esters (lactones) is 2. The largest absolute Gasteiger partial charge is 0.391 e. The van der Waals surface area contributed by atoms with Crippen LogP contribution in [-0.4, -0.2) is 35.5 Å². The smallest absolute Gasteiger partial charge is 0.327 e. The molecule has 0 aromatic heterocycles. The van der Waals surface area contributed by atoms with E-state index in [0.717, 1.165) is 19.3 Å². The summed E-state index contributed by atoms with van der Waals surface area (Å²) in [4.78, 5) is 24.2. The molecule has 1 saturated heterocycles. The van der Waals surface area contributed by atoms with Crippen LogP contribution in [-0.2, 0) is 14.3 Å². The first kappa shape index (κ1) is 9.65. The van der Waals surface area contributed by atoms with Crippen LogP contribution in [0, 0.1) is 0 Å². The van der Waals surface area contributed by atoms with Crippen LogP contribution >= 0.6 is 0 Å². The first-order chi connectivity index (χ1) is 6.66. The van der Waals surface area contributed by atoms with Gasteiger partial charge in [0, 0.05) is 5.54 Å². The molecular weight excluding hydrogens is 182 g/mol. The predicted molar refractivity (Wildman–Crippen MR) is 49.5 cm³/mol. The van der Waals surface area contributed by atoms with Crippen LogP contribution in [0.4, 0.5) is 0 Å². The summed E-state index contributed by atoms with van der Waals surface area (Å²) < 4.78 is 4.51. The summed E-state index contributed by atoms with van der Waals surface area (Å²) in [5.74, 6) is -0.804. The lowest BCUT2D eigenvalue weighted by Gasteiger charge is -2.50. The van der Waals surface area contributed by atoms with E-state index in [1.807, 2.05) is 4.90 Å². The molecule has 0 radical (unpaired) electrons. The quantitative estimate of drug-likeness (QED) is 0.483. The Morgan fingerprint density at radius 3 is 2.21 bits per heavy atom. The minimum Gasteiger partial charge on any atom is -0.391 e. The topological polar surface area (TPSA) is 46.6 Å². The average molecular weight is 197 g/mol. The van der Waals surface area contributed by atoms with Gasteiger partial charge in [0.2, 0.25) is 0 Å². The third-order valence-electron chi connectivity index (χ3n) is 3.48. The summed E-state index contributed by atoms with van der Waals surface area (Å²) in [5.41, 5.74) is 0.106. The Hall–Kier alpha value is -0.900. The lowest BCUT2D eigenvalue weighted by molar-refractivity contribution is -0.172. The Morgan fingerprint density at radius 2 is 1.86 bits per heavy atom. The third kappa shape index (κ3) is 1.43. The zero-order valence-corrected chi connectivity index (χ0v) is 8.41. The van der Waals surface area contributed by atoms with E-state index in [0.29, 0.717) is 0 Å². The fraction of sp³-hybridized carbons (Fsp3) is 0.800. The SMILES string of the molecule is CCC1(N2CC(=O)OC(=O)C2)CCC1. The molecular formula is C10H15NO3. The maximum Gasteiger partial charge on any atom is 0.327 e. The van der Waals surface area contributed by atoms with Crippen molar-refractivity contribution in [2.24, 2.45) is 0 Å². The lowest BCUT2D eigenvalue weighted by atomic mass is 9.73. The van der Waals surface area contributed by atoms with Crippen LogP contribution in [0.25, 0.3) is 0 Å². The highest BCUT2D eigenvalue weighted by Crippen LogP contribution is 2.40. The third-order valence-corrected chi connectivity index (χ3v) is 3.48. The molecule has 2 fully saturated rings. The van der Waals surface area contributed by atoms with Crippen molar-refractivity contribution in [2.45, 2.75) is 38.1 Å². The van der Waals surface area contributed by atoms with E-state index in [-0.39, 0.29) is 18.6 Å². The van der Waals surface area contributed by atoms with Gasteiger partial charge in [-0.3, -0.25) is 14.5 Å². The zero-order chi connectivity index (χ0) is 10.2. The predicted octanol–water partition coefficient (Wildman–Crippen LogP) is 0.704. The number of carbonyl (C=O) groups is 2. The van der Waals surface area contributed by atoms with Gasteiger partial charge in [-0.05, 0) is 25.7 Å². The number of ether oxygens (including phenoxy) is 1. The fourth-order valence-electron chi connectivity index (χ4n) is 2.37. The summed E-state index contributed by atoms with van der Waals surface area (Å²) in [5, 5.41) is 0. The van der Waals surface area contributed by atoms with Gasteiger partial charge in [0.15, 0.2) is 0 Å². The number of esters is 2. The Morgan fingerprint density at radius 1 is 1.29 bits per heavy atom. The summed E-state index contributed by atoms with van der Waals surface area (Å²) in [7, 11) is 0. The van der Waals surface area contributed by atoms with Gasteiger partial charge in [0.1, 0.15) is 0 Å². The van der Waals surface area contributed by atoms with Crippen LogP contribution in [0.3, 0.4) is 0 Å². The summed E-state index contributed by atoms with van der Waals surface area (Å²) in [6, 6.07) is 0. The highest BCUT2D eigenvalue weighted by molar-refractivity contribution is 5.90. The zero-order valence-electron chi connectivity index (χ0n) is 8.41. The molecule has 2 aliphatic rings. The van der Waals surface area contributed by atoms with Crippen molar-refractivity contribution in [3.63, 3.8) is 0 Å². The van der Waals surface area contributed by atoms with E-state index in [9.17, 15) is 9.59 Å². The van der Waals surface area contributed by atoms with Crippen LogP contribution in [0.5, 0.6) is 0 Å². The van der Waals surface area contributed by atoms with E-state index in [1.54, 1.807) is 0 Å². The summed E-state index contributed by atoms with van der Waals surface area (Å²) in [6.45, 7) is 2.67. The standard InChI is InChI=1S/C10H15NO3/c1-2-10(4-3-5-10)11-6-8(12)14-9(13)7-11/h2-7H2,1H3. The van der Waals surface area contributed by atoms with Gasteiger partial charge in [-0.25, -0.2) is 0 Å². The molecule has 0 N–H and O–H groups in total. The van der Waals surface area contributed by atoms with Crippen LogP contribution < -0.4 is 0 Å². The Labute approximate surface area is 83.2 Å². The van der Waals surface area contributed by atoms with Crippen molar-refractivity contribution < 1.29 is 14.3 Å². The molecule has 1 aliphatic heterocycles. The molecule has 0 aromatic rings. The van der Waals surface area contributed by atoms with Gasteiger partial charge in [-0.2, -0.15) is 0 Å². The highest BCUT2D eigenvalue weighted by atomic mass is 16.6. The first-order valence-corrected chi connectivity index (χ1v) is 5.15. The van der Waals surface area contributed by atoms with E-state index < -0.39 is 11.9 Å². The molecule has 0 spiro atoms. The maximum atomic E-state index is 11.1. The molecule has 78 valence electrons. The van der Waals surface area contributed by atoms with Gasteiger partial charge in [0.25, 0.3) is 0 Å². The molecule has 0 bridgehead atoms. The first-order valence-electron chi connectivity index (χ1n) is 5.15. The van der Waals surface area contributed by atoms with Crippen LogP contribution in [0.15, 0.2) is 0 Å². The van der Waals surface area contributed by atoms with Gasteiger partial charge in [-0.15, -0.1) is 0 Å². The molecule has 14 heavy (non-hydrogen) atoms. The number of carbonyl (C=O) groups excluding carboxylic acids is 2. The molecule has 0 amide bonds. The molecule has 1 aliphatic carbocycles. The second-order valence-corrected chi connectivity index (χ2v) is 4.13. The number of morpholine rings is 1. The van der Waals surface area contributed by atoms with Crippen molar-refractivity contribution in [3.8, 4) is 0 Å². The van der Waals surface area contributed by atoms with Crippen LogP contribution in [0.1, 0.15) is 32.6 Å². The normalized spacial score (nSPS) is 26.9. The van der Waals surface area contributed by atoms with Crippen molar-refractivity contribution in [2.75, 3.05) is 13.1 Å². The summed E-state index contributed by atoms with van der Waals surface area (Å²) in [6.07, 6.45) is 4.41. The van der Waals surface area contributed by atoms with Crippen molar-refractivity contribution in [1.29, 1.82) is 0 Å². The minimum atomic E-state index is -0.402. The number of hydrogen-bond acceptors (Lipinski definition) is 4. The van der Waals surface area contributed by atoms with Crippen molar-refractivity contribution in [3.05, 3.63) is 0 Å². The van der Waals surface area contributed by atoms with Crippen LogP contribution in [0.2, 0.25) is 0 Å². The fourth-order valence-corrected chi connectivity index (χ4v) is 2.37. The monoisotopic (exact) mass is 197 g/mol. The average Bonchev–Trinajstić information content (AvgIpc) is 2.01.